The zero-order valence-corrected chi connectivity index (χ0v) is 12.0. The summed E-state index contributed by atoms with van der Waals surface area (Å²) in [5.41, 5.74) is 4.37. The molecule has 0 aliphatic carbocycles. The van der Waals surface area contributed by atoms with E-state index in [1.807, 2.05) is 36.6 Å². The molecule has 0 fully saturated rings. The summed E-state index contributed by atoms with van der Waals surface area (Å²) in [7, 11) is 0. The zero-order chi connectivity index (χ0) is 14.4. The number of thiazole rings is 1. The lowest BCUT2D eigenvalue weighted by Crippen LogP contribution is -2.37. The molecule has 0 spiro atoms. The van der Waals surface area contributed by atoms with Gasteiger partial charge in [-0.05, 0) is 18.1 Å². The number of rotatable bonds is 5. The Morgan fingerprint density at radius 3 is 2.90 bits per heavy atom. The number of aryl methyl sites for hydroxylation is 1. The smallest absolute Gasteiger partial charge is 0.315 e. The van der Waals surface area contributed by atoms with Crippen LogP contribution in [-0.4, -0.2) is 22.7 Å². The number of aromatic nitrogens is 1. The fourth-order valence-electron chi connectivity index (χ4n) is 1.82. The Kier molecular flexibility index (Phi) is 5.09. The second-order valence-electron chi connectivity index (χ2n) is 4.42. The average Bonchev–Trinajstić information content (AvgIpc) is 2.96. The largest absolute Gasteiger partial charge is 0.387 e. The highest BCUT2D eigenvalue weighted by Crippen LogP contribution is 2.16. The lowest BCUT2D eigenvalue weighted by Gasteiger charge is -2.14. The minimum absolute atomic E-state index is 0.174. The van der Waals surface area contributed by atoms with Crippen LogP contribution in [0.4, 0.5) is 4.79 Å². The molecule has 1 heterocycles. The van der Waals surface area contributed by atoms with Crippen molar-refractivity contribution in [3.8, 4) is 0 Å². The molecule has 3 N–H and O–H groups in total. The molecule has 5 nitrogen and oxygen atoms in total. The number of nitrogens with zero attached hydrogens (tertiary/aromatic N) is 1. The number of urea groups is 1. The number of amides is 2. The van der Waals surface area contributed by atoms with Crippen LogP contribution >= 0.6 is 11.3 Å². The quantitative estimate of drug-likeness (QED) is 0.788. The number of aliphatic hydroxyl groups excluding tert-OH is 1. The second-order valence-corrected chi connectivity index (χ2v) is 5.13. The molecule has 20 heavy (non-hydrogen) atoms. The van der Waals surface area contributed by atoms with Crippen molar-refractivity contribution in [2.24, 2.45) is 0 Å². The Morgan fingerprint density at radius 2 is 2.20 bits per heavy atom. The van der Waals surface area contributed by atoms with Gasteiger partial charge < -0.3 is 15.7 Å². The van der Waals surface area contributed by atoms with Gasteiger partial charge in [0.2, 0.25) is 0 Å². The minimum atomic E-state index is -0.707. The van der Waals surface area contributed by atoms with Crippen LogP contribution in [0.1, 0.15) is 22.9 Å². The molecule has 6 heteroatoms. The lowest BCUT2D eigenvalue weighted by atomic mass is 10.0. The van der Waals surface area contributed by atoms with Gasteiger partial charge in [-0.1, -0.05) is 24.3 Å². The third kappa shape index (κ3) is 4.04. The van der Waals surface area contributed by atoms with Crippen molar-refractivity contribution in [1.82, 2.24) is 15.6 Å². The van der Waals surface area contributed by atoms with Crippen LogP contribution in [0.5, 0.6) is 0 Å². The number of aliphatic hydroxyl groups is 1. The minimum Gasteiger partial charge on any atom is -0.387 e. The number of nitrogens with one attached hydrogen (secondary N) is 2. The standard InChI is InChI=1S/C14H17N3O2S/c1-10-4-2-3-5-12(10)13(18)7-16-14(19)15-6-11-8-20-9-17-11/h2-5,8-9,13,18H,6-7H2,1H3,(H2,15,16,19). The lowest BCUT2D eigenvalue weighted by molar-refractivity contribution is 0.172. The molecule has 2 amide bonds. The Balaban J connectivity index is 1.77. The van der Waals surface area contributed by atoms with E-state index < -0.39 is 6.10 Å². The molecular formula is C14H17N3O2S. The SMILES string of the molecule is Cc1ccccc1C(O)CNC(=O)NCc1cscn1. The molecule has 0 radical (unpaired) electrons. The van der Waals surface area contributed by atoms with Crippen LogP contribution in [0.3, 0.4) is 0 Å². The molecular weight excluding hydrogens is 274 g/mol. The van der Waals surface area contributed by atoms with E-state index >= 15 is 0 Å². The first kappa shape index (κ1) is 14.5. The van der Waals surface area contributed by atoms with Gasteiger partial charge in [0.25, 0.3) is 0 Å². The molecule has 0 bridgehead atoms. The maximum Gasteiger partial charge on any atom is 0.315 e. The summed E-state index contributed by atoms with van der Waals surface area (Å²) in [5.74, 6) is 0. The normalized spacial score (nSPS) is 11.9. The van der Waals surface area contributed by atoms with E-state index in [4.69, 9.17) is 0 Å². The summed E-state index contributed by atoms with van der Waals surface area (Å²) in [6, 6.07) is 7.26. The van der Waals surface area contributed by atoms with E-state index in [9.17, 15) is 9.90 Å². The highest BCUT2D eigenvalue weighted by atomic mass is 32.1. The number of benzene rings is 1. The van der Waals surface area contributed by atoms with Crippen molar-refractivity contribution >= 4 is 17.4 Å². The Labute approximate surface area is 121 Å². The van der Waals surface area contributed by atoms with Gasteiger partial charge in [-0.15, -0.1) is 11.3 Å². The van der Waals surface area contributed by atoms with Crippen LogP contribution in [0, 0.1) is 6.92 Å². The first-order valence-electron chi connectivity index (χ1n) is 6.29. The maximum atomic E-state index is 11.6. The number of hydrogen-bond donors (Lipinski definition) is 3. The molecule has 0 saturated carbocycles. The highest BCUT2D eigenvalue weighted by Gasteiger charge is 2.11. The number of hydrogen-bond acceptors (Lipinski definition) is 4. The third-order valence-corrected chi connectivity index (χ3v) is 3.55. The van der Waals surface area contributed by atoms with Crippen molar-refractivity contribution in [2.75, 3.05) is 6.54 Å². The van der Waals surface area contributed by atoms with Gasteiger partial charge in [-0.2, -0.15) is 0 Å². The summed E-state index contributed by atoms with van der Waals surface area (Å²) >= 11 is 1.49. The Bertz CT molecular complexity index is 557. The maximum absolute atomic E-state index is 11.6. The predicted octanol–water partition coefficient (Wildman–Crippen LogP) is 1.98. The van der Waals surface area contributed by atoms with Crippen LogP contribution in [0.25, 0.3) is 0 Å². The van der Waals surface area contributed by atoms with E-state index in [-0.39, 0.29) is 12.6 Å². The first-order valence-corrected chi connectivity index (χ1v) is 7.23. The highest BCUT2D eigenvalue weighted by molar-refractivity contribution is 7.07. The average molecular weight is 291 g/mol. The van der Waals surface area contributed by atoms with Crippen molar-refractivity contribution in [3.05, 3.63) is 52.0 Å². The fraction of sp³-hybridized carbons (Fsp3) is 0.286. The van der Waals surface area contributed by atoms with Gasteiger partial charge in [0.15, 0.2) is 0 Å². The van der Waals surface area contributed by atoms with Gasteiger partial charge in [0, 0.05) is 11.9 Å². The molecule has 2 aromatic rings. The third-order valence-electron chi connectivity index (χ3n) is 2.92. The first-order chi connectivity index (χ1) is 9.66. The topological polar surface area (TPSA) is 74.2 Å². The summed E-state index contributed by atoms with van der Waals surface area (Å²) < 4.78 is 0. The molecule has 0 aliphatic rings. The molecule has 2 rings (SSSR count). The van der Waals surface area contributed by atoms with Crippen LogP contribution in [-0.2, 0) is 6.54 Å². The van der Waals surface area contributed by atoms with Crippen molar-refractivity contribution in [2.45, 2.75) is 19.6 Å². The molecule has 1 aromatic carbocycles. The Hall–Kier alpha value is -1.92. The fourth-order valence-corrected chi connectivity index (χ4v) is 2.38. The molecule has 0 aliphatic heterocycles. The second kappa shape index (κ2) is 7.02. The number of carbonyl (C=O) groups is 1. The van der Waals surface area contributed by atoms with E-state index in [1.54, 1.807) is 5.51 Å². The van der Waals surface area contributed by atoms with E-state index in [0.29, 0.717) is 6.54 Å². The monoisotopic (exact) mass is 291 g/mol. The van der Waals surface area contributed by atoms with Crippen LogP contribution in [0.2, 0.25) is 0 Å². The summed E-state index contributed by atoms with van der Waals surface area (Å²) in [5, 5.41) is 17.3. The van der Waals surface area contributed by atoms with Crippen LogP contribution < -0.4 is 10.6 Å². The molecule has 1 atom stereocenters. The van der Waals surface area contributed by atoms with Gasteiger partial charge in [0.1, 0.15) is 0 Å². The summed E-state index contributed by atoms with van der Waals surface area (Å²) in [4.78, 5) is 15.7. The van der Waals surface area contributed by atoms with E-state index in [2.05, 4.69) is 15.6 Å². The van der Waals surface area contributed by atoms with E-state index in [1.165, 1.54) is 11.3 Å². The van der Waals surface area contributed by atoms with Crippen molar-refractivity contribution < 1.29 is 9.90 Å². The summed E-state index contributed by atoms with van der Waals surface area (Å²) in [6.07, 6.45) is -0.707. The van der Waals surface area contributed by atoms with Crippen molar-refractivity contribution in [1.29, 1.82) is 0 Å². The van der Waals surface area contributed by atoms with Gasteiger partial charge in [0.05, 0.1) is 23.9 Å². The summed E-state index contributed by atoms with van der Waals surface area (Å²) in [6.45, 7) is 2.49. The molecule has 1 unspecified atom stereocenters. The van der Waals surface area contributed by atoms with Gasteiger partial charge >= 0.3 is 6.03 Å². The number of carbonyl (C=O) groups excluding carboxylic acids is 1. The van der Waals surface area contributed by atoms with Gasteiger partial charge in [-0.25, -0.2) is 9.78 Å². The van der Waals surface area contributed by atoms with E-state index in [0.717, 1.165) is 16.8 Å². The van der Waals surface area contributed by atoms with Crippen molar-refractivity contribution in [3.63, 3.8) is 0 Å². The zero-order valence-electron chi connectivity index (χ0n) is 11.2. The molecule has 1 aromatic heterocycles. The molecule has 0 saturated heterocycles. The molecule has 106 valence electrons. The Morgan fingerprint density at radius 1 is 1.40 bits per heavy atom. The van der Waals surface area contributed by atoms with Crippen LogP contribution in [0.15, 0.2) is 35.2 Å². The van der Waals surface area contributed by atoms with Gasteiger partial charge in [-0.3, -0.25) is 0 Å². The predicted molar refractivity (Wildman–Crippen MR) is 78.5 cm³/mol.